The summed E-state index contributed by atoms with van der Waals surface area (Å²) in [6.45, 7) is 18.0. The molecule has 0 aliphatic rings. The van der Waals surface area contributed by atoms with Gasteiger partial charge in [-0.15, -0.1) is 0 Å². The summed E-state index contributed by atoms with van der Waals surface area (Å²) in [5, 5.41) is 0. The van der Waals surface area contributed by atoms with Crippen LogP contribution in [0.1, 0.15) is 55.4 Å². The van der Waals surface area contributed by atoms with Crippen LogP contribution in [0.5, 0.6) is 0 Å². The second-order valence-electron chi connectivity index (χ2n) is 6.04. The summed E-state index contributed by atoms with van der Waals surface area (Å²) in [6.07, 6.45) is 0.777. The van der Waals surface area contributed by atoms with Gasteiger partial charge in [-0.2, -0.15) is 0 Å². The van der Waals surface area contributed by atoms with Crippen molar-refractivity contribution in [2.24, 2.45) is 23.7 Å². The zero-order valence-corrected chi connectivity index (χ0v) is 11.9. The topological polar surface area (TPSA) is 9.23 Å². The molecule has 0 aromatic carbocycles. The Morgan fingerprint density at radius 1 is 0.467 bits per heavy atom. The standard InChI is InChI=1S/C14H30O/c1-9(2)13(10(3)4)15-14(11(5)6)12(7)8/h9-14H,1-8H3. The fourth-order valence-electron chi connectivity index (χ4n) is 2.35. The zero-order chi connectivity index (χ0) is 12.2. The van der Waals surface area contributed by atoms with Crippen LogP contribution in [0.15, 0.2) is 0 Å². The van der Waals surface area contributed by atoms with E-state index < -0.39 is 0 Å². The van der Waals surface area contributed by atoms with E-state index in [9.17, 15) is 0 Å². The largest absolute Gasteiger partial charge is 0.374 e. The summed E-state index contributed by atoms with van der Waals surface area (Å²) < 4.78 is 6.30. The van der Waals surface area contributed by atoms with Gasteiger partial charge in [-0.1, -0.05) is 55.4 Å². The van der Waals surface area contributed by atoms with Gasteiger partial charge in [0, 0.05) is 0 Å². The zero-order valence-electron chi connectivity index (χ0n) is 11.9. The SMILES string of the molecule is CC(C)C(OC(C(C)C)C(C)C)C(C)C. The second kappa shape index (κ2) is 6.52. The van der Waals surface area contributed by atoms with Crippen molar-refractivity contribution in [3.05, 3.63) is 0 Å². The predicted molar refractivity (Wildman–Crippen MR) is 68.0 cm³/mol. The van der Waals surface area contributed by atoms with Crippen LogP contribution in [0, 0.1) is 23.7 Å². The molecule has 0 bridgehead atoms. The molecule has 92 valence electrons. The van der Waals surface area contributed by atoms with E-state index in [0.717, 1.165) is 0 Å². The third-order valence-electron chi connectivity index (χ3n) is 2.94. The molecular weight excluding hydrogens is 184 g/mol. The summed E-state index contributed by atoms with van der Waals surface area (Å²) in [6, 6.07) is 0. The molecule has 15 heavy (non-hydrogen) atoms. The fourth-order valence-corrected chi connectivity index (χ4v) is 2.35. The average molecular weight is 214 g/mol. The Labute approximate surface area is 96.6 Å². The van der Waals surface area contributed by atoms with Crippen molar-refractivity contribution >= 4 is 0 Å². The third kappa shape index (κ3) is 5.01. The Kier molecular flexibility index (Phi) is 6.51. The van der Waals surface area contributed by atoms with E-state index >= 15 is 0 Å². The molecule has 0 saturated heterocycles. The van der Waals surface area contributed by atoms with Gasteiger partial charge in [0.25, 0.3) is 0 Å². The molecule has 0 aromatic heterocycles. The maximum Gasteiger partial charge on any atom is 0.0624 e. The lowest BCUT2D eigenvalue weighted by molar-refractivity contribution is -0.0959. The molecule has 1 nitrogen and oxygen atoms in total. The molecule has 0 aliphatic carbocycles. The molecule has 0 atom stereocenters. The predicted octanol–water partition coefficient (Wildman–Crippen LogP) is 4.36. The number of hydrogen-bond acceptors (Lipinski definition) is 1. The lowest BCUT2D eigenvalue weighted by Gasteiger charge is -2.34. The molecular formula is C14H30O. The van der Waals surface area contributed by atoms with Gasteiger partial charge >= 0.3 is 0 Å². The quantitative estimate of drug-likeness (QED) is 0.638. The average Bonchev–Trinajstić information content (AvgIpc) is 2.01. The number of rotatable bonds is 6. The van der Waals surface area contributed by atoms with E-state index in [1.807, 2.05) is 0 Å². The first kappa shape index (κ1) is 15.0. The fraction of sp³-hybridized carbons (Fsp3) is 1.00. The summed E-state index contributed by atoms with van der Waals surface area (Å²) in [5.74, 6) is 2.41. The van der Waals surface area contributed by atoms with Crippen LogP contribution in [0.4, 0.5) is 0 Å². The van der Waals surface area contributed by atoms with Gasteiger partial charge in [0.1, 0.15) is 0 Å². The molecule has 1 heteroatoms. The molecule has 0 saturated carbocycles. The van der Waals surface area contributed by atoms with Crippen LogP contribution in [0.2, 0.25) is 0 Å². The van der Waals surface area contributed by atoms with Gasteiger partial charge in [-0.3, -0.25) is 0 Å². The third-order valence-corrected chi connectivity index (χ3v) is 2.94. The van der Waals surface area contributed by atoms with Crippen molar-refractivity contribution in [1.82, 2.24) is 0 Å². The van der Waals surface area contributed by atoms with Crippen LogP contribution in [-0.4, -0.2) is 12.2 Å². The van der Waals surface area contributed by atoms with E-state index in [4.69, 9.17) is 4.74 Å². The number of hydrogen-bond donors (Lipinski definition) is 0. The maximum absolute atomic E-state index is 6.30. The Bertz CT molecular complexity index is 125. The monoisotopic (exact) mass is 214 g/mol. The molecule has 0 amide bonds. The minimum absolute atomic E-state index is 0.389. The van der Waals surface area contributed by atoms with E-state index in [1.165, 1.54) is 0 Å². The molecule has 0 radical (unpaired) electrons. The summed E-state index contributed by atoms with van der Waals surface area (Å²) in [7, 11) is 0. The van der Waals surface area contributed by atoms with Crippen LogP contribution in [0.3, 0.4) is 0 Å². The summed E-state index contributed by atoms with van der Waals surface area (Å²) in [4.78, 5) is 0. The van der Waals surface area contributed by atoms with E-state index in [1.54, 1.807) is 0 Å². The number of ether oxygens (including phenoxy) is 1. The van der Waals surface area contributed by atoms with Crippen molar-refractivity contribution in [2.45, 2.75) is 67.6 Å². The summed E-state index contributed by atoms with van der Waals surface area (Å²) >= 11 is 0. The Morgan fingerprint density at radius 3 is 0.800 bits per heavy atom. The minimum atomic E-state index is 0.389. The van der Waals surface area contributed by atoms with E-state index in [0.29, 0.717) is 35.9 Å². The van der Waals surface area contributed by atoms with Crippen LogP contribution in [-0.2, 0) is 4.74 Å². The van der Waals surface area contributed by atoms with Gasteiger partial charge in [0.15, 0.2) is 0 Å². The van der Waals surface area contributed by atoms with Crippen LogP contribution < -0.4 is 0 Å². The molecule has 0 unspecified atom stereocenters. The highest BCUT2D eigenvalue weighted by molar-refractivity contribution is 4.73. The molecule has 0 fully saturated rings. The van der Waals surface area contributed by atoms with Crippen molar-refractivity contribution in [3.63, 3.8) is 0 Å². The molecule has 0 spiro atoms. The molecule has 0 N–H and O–H groups in total. The highest BCUT2D eigenvalue weighted by Gasteiger charge is 2.26. The van der Waals surface area contributed by atoms with Crippen molar-refractivity contribution < 1.29 is 4.74 Å². The highest BCUT2D eigenvalue weighted by atomic mass is 16.5. The Balaban J connectivity index is 4.48. The lowest BCUT2D eigenvalue weighted by Crippen LogP contribution is -2.36. The van der Waals surface area contributed by atoms with E-state index in [2.05, 4.69) is 55.4 Å². The van der Waals surface area contributed by atoms with Gasteiger partial charge in [0.05, 0.1) is 12.2 Å². The molecule has 0 rings (SSSR count). The second-order valence-corrected chi connectivity index (χ2v) is 6.04. The Hall–Kier alpha value is -0.0400. The van der Waals surface area contributed by atoms with Crippen LogP contribution in [0.25, 0.3) is 0 Å². The van der Waals surface area contributed by atoms with Crippen molar-refractivity contribution in [1.29, 1.82) is 0 Å². The Morgan fingerprint density at radius 2 is 0.667 bits per heavy atom. The first-order chi connectivity index (χ1) is 6.77. The highest BCUT2D eigenvalue weighted by Crippen LogP contribution is 2.24. The normalized spacial score (nSPS) is 13.2. The van der Waals surface area contributed by atoms with Crippen molar-refractivity contribution in [3.8, 4) is 0 Å². The van der Waals surface area contributed by atoms with Gasteiger partial charge in [-0.25, -0.2) is 0 Å². The first-order valence-corrected chi connectivity index (χ1v) is 6.42. The van der Waals surface area contributed by atoms with Gasteiger partial charge < -0.3 is 4.74 Å². The minimum Gasteiger partial charge on any atom is -0.374 e. The summed E-state index contributed by atoms with van der Waals surface area (Å²) in [5.41, 5.74) is 0. The van der Waals surface area contributed by atoms with Gasteiger partial charge in [-0.05, 0) is 23.7 Å². The smallest absolute Gasteiger partial charge is 0.0624 e. The van der Waals surface area contributed by atoms with Gasteiger partial charge in [0.2, 0.25) is 0 Å². The molecule has 0 heterocycles. The maximum atomic E-state index is 6.30. The van der Waals surface area contributed by atoms with Crippen molar-refractivity contribution in [2.75, 3.05) is 0 Å². The molecule has 0 aromatic rings. The first-order valence-electron chi connectivity index (χ1n) is 6.42. The van der Waals surface area contributed by atoms with Crippen LogP contribution >= 0.6 is 0 Å². The lowest BCUT2D eigenvalue weighted by atomic mass is 9.92. The molecule has 0 aliphatic heterocycles. The van der Waals surface area contributed by atoms with E-state index in [-0.39, 0.29) is 0 Å².